The van der Waals surface area contributed by atoms with Crippen LogP contribution in [0.1, 0.15) is 5.56 Å². The van der Waals surface area contributed by atoms with Crippen molar-refractivity contribution in [1.29, 1.82) is 0 Å². The molecule has 3 N–H and O–H groups in total. The van der Waals surface area contributed by atoms with Gasteiger partial charge < -0.3 is 10.2 Å². The third-order valence-corrected chi connectivity index (χ3v) is 4.00. The van der Waals surface area contributed by atoms with Crippen LogP contribution in [0.3, 0.4) is 0 Å². The predicted octanol–water partition coefficient (Wildman–Crippen LogP) is 2.06. The summed E-state index contributed by atoms with van der Waals surface area (Å²) in [4.78, 5) is 2.06. The van der Waals surface area contributed by atoms with Crippen LogP contribution in [0.25, 0.3) is 0 Å². The molecule has 110 valence electrons. The van der Waals surface area contributed by atoms with Gasteiger partial charge in [0.25, 0.3) is 10.0 Å². The Morgan fingerprint density at radius 1 is 1.05 bits per heavy atom. The van der Waals surface area contributed by atoms with E-state index in [-0.39, 0.29) is 16.4 Å². The summed E-state index contributed by atoms with van der Waals surface area (Å²) in [5.41, 5.74) is 0.420. The molecule has 0 heterocycles. The average molecular weight is 327 g/mol. The molecule has 0 spiro atoms. The van der Waals surface area contributed by atoms with Crippen LogP contribution in [-0.2, 0) is 10.0 Å². The zero-order valence-electron chi connectivity index (χ0n) is 10.6. The Morgan fingerprint density at radius 2 is 1.71 bits per heavy atom. The molecule has 2 aromatic rings. The summed E-state index contributed by atoms with van der Waals surface area (Å²) in [6, 6.07) is 9.60. The Kier molecular flexibility index (Phi) is 4.35. The third-order valence-electron chi connectivity index (χ3n) is 2.51. The summed E-state index contributed by atoms with van der Waals surface area (Å²) in [6.45, 7) is 0. The van der Waals surface area contributed by atoms with Crippen LogP contribution in [0.15, 0.2) is 52.5 Å². The third kappa shape index (κ3) is 3.87. The van der Waals surface area contributed by atoms with E-state index < -0.39 is 10.0 Å². The molecule has 0 saturated heterocycles. The molecular formula is C13H11ClN2O4S. The summed E-state index contributed by atoms with van der Waals surface area (Å²) >= 11 is 5.68. The second-order valence-electron chi connectivity index (χ2n) is 4.05. The monoisotopic (exact) mass is 326 g/mol. The number of halogens is 1. The second-order valence-corrected chi connectivity index (χ2v) is 6.15. The van der Waals surface area contributed by atoms with E-state index in [9.17, 15) is 13.5 Å². The number of hydrazone groups is 1. The Balaban J connectivity index is 2.12. The minimum absolute atomic E-state index is 0.0256. The summed E-state index contributed by atoms with van der Waals surface area (Å²) in [7, 11) is -3.78. The van der Waals surface area contributed by atoms with Crippen LogP contribution >= 0.6 is 11.6 Å². The lowest BCUT2D eigenvalue weighted by atomic mass is 10.2. The quantitative estimate of drug-likeness (QED) is 0.455. The van der Waals surface area contributed by atoms with E-state index in [4.69, 9.17) is 16.7 Å². The van der Waals surface area contributed by atoms with Crippen molar-refractivity contribution in [2.24, 2.45) is 5.10 Å². The van der Waals surface area contributed by atoms with Gasteiger partial charge in [0.2, 0.25) is 0 Å². The van der Waals surface area contributed by atoms with Gasteiger partial charge in [-0.3, -0.25) is 0 Å². The molecule has 0 unspecified atom stereocenters. The van der Waals surface area contributed by atoms with Gasteiger partial charge in [0.1, 0.15) is 0 Å². The Bertz CT molecular complexity index is 773. The highest BCUT2D eigenvalue weighted by molar-refractivity contribution is 7.89. The van der Waals surface area contributed by atoms with Gasteiger partial charge in [0, 0.05) is 5.02 Å². The molecule has 0 aromatic heterocycles. The first kappa shape index (κ1) is 15.1. The van der Waals surface area contributed by atoms with Crippen molar-refractivity contribution in [2.45, 2.75) is 4.90 Å². The summed E-state index contributed by atoms with van der Waals surface area (Å²) in [5.74, 6) is -0.589. The molecule has 0 aliphatic rings. The maximum atomic E-state index is 11.9. The highest BCUT2D eigenvalue weighted by Crippen LogP contribution is 2.24. The highest BCUT2D eigenvalue weighted by atomic mass is 35.5. The molecule has 0 aliphatic heterocycles. The smallest absolute Gasteiger partial charge is 0.276 e. The first-order valence-corrected chi connectivity index (χ1v) is 7.57. The van der Waals surface area contributed by atoms with Crippen LogP contribution in [0.2, 0.25) is 5.02 Å². The molecule has 0 amide bonds. The summed E-state index contributed by atoms with van der Waals surface area (Å²) in [6.07, 6.45) is 1.20. The Hall–Kier alpha value is -2.25. The van der Waals surface area contributed by atoms with Crippen molar-refractivity contribution in [1.82, 2.24) is 4.83 Å². The van der Waals surface area contributed by atoms with Gasteiger partial charge >= 0.3 is 0 Å². The molecule has 8 heteroatoms. The number of benzene rings is 2. The zero-order chi connectivity index (χ0) is 15.5. The van der Waals surface area contributed by atoms with Crippen molar-refractivity contribution in [3.05, 3.63) is 53.1 Å². The molecule has 0 aliphatic carbocycles. The highest BCUT2D eigenvalue weighted by Gasteiger charge is 2.11. The number of phenols is 2. The number of hydrogen-bond donors (Lipinski definition) is 3. The fourth-order valence-corrected chi connectivity index (χ4v) is 2.37. The number of hydrogen-bond acceptors (Lipinski definition) is 5. The fraction of sp³-hybridized carbons (Fsp3) is 0. The summed E-state index contributed by atoms with van der Waals surface area (Å²) < 4.78 is 23.8. The van der Waals surface area contributed by atoms with Crippen molar-refractivity contribution < 1.29 is 18.6 Å². The van der Waals surface area contributed by atoms with Crippen LogP contribution in [0, 0.1) is 0 Å². The van der Waals surface area contributed by atoms with E-state index in [0.29, 0.717) is 10.6 Å². The van der Waals surface area contributed by atoms with E-state index >= 15 is 0 Å². The maximum absolute atomic E-state index is 11.9. The van der Waals surface area contributed by atoms with Crippen LogP contribution in [-0.4, -0.2) is 24.8 Å². The second kappa shape index (κ2) is 6.02. The van der Waals surface area contributed by atoms with Gasteiger partial charge in [-0.1, -0.05) is 11.6 Å². The molecule has 0 fully saturated rings. The molecule has 2 rings (SSSR count). The lowest BCUT2D eigenvalue weighted by molar-refractivity contribution is 0.403. The molecule has 0 saturated carbocycles. The lowest BCUT2D eigenvalue weighted by Crippen LogP contribution is -2.18. The number of rotatable bonds is 4. The number of nitrogens with one attached hydrogen (secondary N) is 1. The molecule has 0 radical (unpaired) electrons. The number of phenolic OH excluding ortho intramolecular Hbond substituents is 2. The minimum Gasteiger partial charge on any atom is -0.504 e. The molecular weight excluding hydrogens is 316 g/mol. The van der Waals surface area contributed by atoms with Crippen molar-refractivity contribution in [2.75, 3.05) is 0 Å². The first-order chi connectivity index (χ1) is 9.88. The number of nitrogens with zero attached hydrogens (tertiary/aromatic N) is 1. The Labute approximate surface area is 126 Å². The van der Waals surface area contributed by atoms with Gasteiger partial charge in [0.05, 0.1) is 11.1 Å². The molecule has 21 heavy (non-hydrogen) atoms. The molecule has 6 nitrogen and oxygen atoms in total. The SMILES string of the molecule is O=S(=O)(N/N=C/c1ccc(O)c(O)c1)c1ccc(Cl)cc1. The molecule has 0 atom stereocenters. The summed E-state index contributed by atoms with van der Waals surface area (Å²) in [5, 5.41) is 22.5. The van der Waals surface area contributed by atoms with Gasteiger partial charge in [-0.25, -0.2) is 4.83 Å². The van der Waals surface area contributed by atoms with Crippen molar-refractivity contribution >= 4 is 27.8 Å². The average Bonchev–Trinajstić information content (AvgIpc) is 2.43. The minimum atomic E-state index is -3.78. The van der Waals surface area contributed by atoms with Crippen LogP contribution in [0.4, 0.5) is 0 Å². The number of aromatic hydroxyl groups is 2. The van der Waals surface area contributed by atoms with Gasteiger partial charge in [0.15, 0.2) is 11.5 Å². The molecule has 2 aromatic carbocycles. The largest absolute Gasteiger partial charge is 0.504 e. The normalized spacial score (nSPS) is 11.7. The van der Waals surface area contributed by atoms with E-state index in [1.165, 1.54) is 48.7 Å². The van der Waals surface area contributed by atoms with Crippen LogP contribution in [0.5, 0.6) is 11.5 Å². The zero-order valence-corrected chi connectivity index (χ0v) is 12.1. The van der Waals surface area contributed by atoms with Crippen molar-refractivity contribution in [3.8, 4) is 11.5 Å². The fourth-order valence-electron chi connectivity index (χ4n) is 1.46. The van der Waals surface area contributed by atoms with E-state index in [1.54, 1.807) is 0 Å². The standard InChI is InChI=1S/C13H11ClN2O4S/c14-10-2-4-11(5-3-10)21(19,20)16-15-8-9-1-6-12(17)13(18)7-9/h1-8,16-18H/b15-8+. The molecule has 0 bridgehead atoms. The maximum Gasteiger partial charge on any atom is 0.276 e. The van der Waals surface area contributed by atoms with E-state index in [2.05, 4.69) is 5.10 Å². The topological polar surface area (TPSA) is 99.0 Å². The Morgan fingerprint density at radius 3 is 2.33 bits per heavy atom. The first-order valence-electron chi connectivity index (χ1n) is 5.71. The van der Waals surface area contributed by atoms with Crippen molar-refractivity contribution in [3.63, 3.8) is 0 Å². The van der Waals surface area contributed by atoms with E-state index in [1.807, 2.05) is 4.83 Å². The van der Waals surface area contributed by atoms with Gasteiger partial charge in [-0.05, 0) is 48.0 Å². The van der Waals surface area contributed by atoms with Gasteiger partial charge in [-0.2, -0.15) is 13.5 Å². The van der Waals surface area contributed by atoms with E-state index in [0.717, 1.165) is 0 Å². The lowest BCUT2D eigenvalue weighted by Gasteiger charge is -2.03. The van der Waals surface area contributed by atoms with Crippen LogP contribution < -0.4 is 4.83 Å². The van der Waals surface area contributed by atoms with Gasteiger partial charge in [-0.15, -0.1) is 0 Å². The predicted molar refractivity (Wildman–Crippen MR) is 79.1 cm³/mol. The number of sulfonamides is 1.